The maximum atomic E-state index is 13.8. The molecule has 3 aliphatic rings. The fraction of sp³-hybridized carbons (Fsp3) is 0.345. The fourth-order valence-corrected chi connectivity index (χ4v) is 9.89. The van der Waals surface area contributed by atoms with Gasteiger partial charge >= 0.3 is 6.09 Å². The molecule has 3 aromatic heterocycles. The van der Waals surface area contributed by atoms with Gasteiger partial charge in [0.25, 0.3) is 17.7 Å². The number of nitrogens with one attached hydrogen (secondary N) is 2. The summed E-state index contributed by atoms with van der Waals surface area (Å²) in [5, 5.41) is 36.8. The minimum atomic E-state index is -0.553. The largest absolute Gasteiger partial charge is 0.508 e. The SMILES string of the molecule is CCNC(=O)c1nnc(-c2cc(C(C)C)c(O)cc2O)n1-c1ccc(C(=O)N2CCN(c3ccc(OC(=O)N4CCN(CCCOc5ccc6c7n(c(=NC(=O)c8cnc(N)nc8)nc6c5OC)CCN7)CC4)cc3)CC2)cc1. The highest BCUT2D eigenvalue weighted by molar-refractivity contribution is 5.97. The molecule has 0 saturated carbocycles. The van der Waals surface area contributed by atoms with Gasteiger partial charge in [0.05, 0.1) is 24.8 Å². The molecule has 6 heterocycles. The lowest BCUT2D eigenvalue weighted by molar-refractivity contribution is 0.0746. The third-order valence-electron chi connectivity index (χ3n) is 14.1. The Morgan fingerprint density at radius 3 is 2.23 bits per heavy atom. The molecule has 4 amide bonds. The average Bonchev–Trinajstić information content (AvgIpc) is 4.26. The van der Waals surface area contributed by atoms with E-state index in [2.05, 4.69) is 45.6 Å². The number of aromatic nitrogens is 7. The van der Waals surface area contributed by atoms with E-state index in [1.54, 1.807) is 66.3 Å². The van der Waals surface area contributed by atoms with Crippen LogP contribution in [0.25, 0.3) is 28.0 Å². The van der Waals surface area contributed by atoms with Gasteiger partial charge in [-0.15, -0.1) is 10.2 Å². The number of amides is 4. The predicted octanol–water partition coefficient (Wildman–Crippen LogP) is 4.66. The molecule has 79 heavy (non-hydrogen) atoms. The number of hydrogen-bond donors (Lipinski definition) is 5. The van der Waals surface area contributed by atoms with Crippen LogP contribution in [0.3, 0.4) is 0 Å². The van der Waals surface area contributed by atoms with E-state index in [0.717, 1.165) is 29.9 Å². The van der Waals surface area contributed by atoms with E-state index in [9.17, 15) is 29.4 Å². The van der Waals surface area contributed by atoms with E-state index >= 15 is 0 Å². The van der Waals surface area contributed by atoms with Gasteiger partial charge in [0.2, 0.25) is 17.4 Å². The number of carbonyl (C=O) groups is 4. The Labute approximate surface area is 454 Å². The number of rotatable bonds is 15. The number of nitrogen functional groups attached to an aromatic ring is 1. The molecule has 0 bridgehead atoms. The van der Waals surface area contributed by atoms with Crippen molar-refractivity contribution >= 4 is 52.2 Å². The Balaban J connectivity index is 0.685. The first kappa shape index (κ1) is 53.1. The Morgan fingerprint density at radius 2 is 1.53 bits per heavy atom. The Bertz CT molecular complexity index is 3480. The summed E-state index contributed by atoms with van der Waals surface area (Å²) in [7, 11) is 1.55. The first-order chi connectivity index (χ1) is 38.3. The number of aromatic hydroxyl groups is 2. The molecular formula is C55H61N15O9. The van der Waals surface area contributed by atoms with Gasteiger partial charge in [-0.2, -0.15) is 4.99 Å². The van der Waals surface area contributed by atoms with Gasteiger partial charge in [0, 0.05) is 119 Å². The van der Waals surface area contributed by atoms with Gasteiger partial charge in [-0.25, -0.2) is 19.7 Å². The molecular weight excluding hydrogens is 1010 g/mol. The van der Waals surface area contributed by atoms with Crippen LogP contribution in [-0.2, 0) is 6.54 Å². The van der Waals surface area contributed by atoms with Crippen molar-refractivity contribution in [1.82, 2.24) is 54.3 Å². The number of benzene rings is 4. The standard InChI is InChI=1S/C55H61N15O9/c1-5-57-51(74)49-64-63-48(41-29-40(33(2)3)42(71)30-43(41)72)70(49)37-9-7-34(8-10-37)52(75)67-26-24-66(25-27-67)36-11-13-38(14-12-36)79-55(76)68-22-20-65(21-23-68)18-6-28-78-44-16-15-39-45(46(44)77-4)61-54(69-19-17-58-47(39)69)62-50(73)35-31-59-53(56)60-32-35/h7-16,29-33,58,71-72H,5-6,17-28H2,1-4H3,(H,57,74)(H2,56,59,60). The third-order valence-corrected chi connectivity index (χ3v) is 14.1. The Morgan fingerprint density at radius 1 is 0.823 bits per heavy atom. The number of piperazine rings is 2. The number of nitrogens with two attached hydrogens (primary N) is 1. The maximum Gasteiger partial charge on any atom is 0.415 e. The lowest BCUT2D eigenvalue weighted by atomic mass is 9.98. The number of nitrogens with zero attached hydrogens (tertiary/aromatic N) is 12. The van der Waals surface area contributed by atoms with Gasteiger partial charge < -0.3 is 55.5 Å². The van der Waals surface area contributed by atoms with Crippen LogP contribution in [0.15, 0.2) is 90.2 Å². The molecule has 6 N–H and O–H groups in total. The highest BCUT2D eigenvalue weighted by atomic mass is 16.6. The van der Waals surface area contributed by atoms with E-state index in [1.807, 2.05) is 42.7 Å². The zero-order valence-electron chi connectivity index (χ0n) is 44.3. The van der Waals surface area contributed by atoms with Crippen molar-refractivity contribution in [2.24, 2.45) is 4.99 Å². The summed E-state index contributed by atoms with van der Waals surface area (Å²) in [6.07, 6.45) is 2.97. The van der Waals surface area contributed by atoms with Crippen LogP contribution in [0.2, 0.25) is 0 Å². The van der Waals surface area contributed by atoms with Gasteiger partial charge in [0.1, 0.15) is 28.6 Å². The van der Waals surface area contributed by atoms with Crippen LogP contribution in [0.5, 0.6) is 28.7 Å². The number of fused-ring (bicyclic) bond motifs is 3. The average molecular weight is 1080 g/mol. The van der Waals surface area contributed by atoms with E-state index in [0.29, 0.717) is 118 Å². The molecule has 10 rings (SSSR count). The monoisotopic (exact) mass is 1080 g/mol. The van der Waals surface area contributed by atoms with Crippen molar-refractivity contribution < 1.29 is 43.6 Å². The first-order valence-electron chi connectivity index (χ1n) is 26.2. The fourth-order valence-electron chi connectivity index (χ4n) is 9.89. The van der Waals surface area contributed by atoms with Crippen molar-refractivity contribution in [3.63, 3.8) is 0 Å². The van der Waals surface area contributed by atoms with E-state index < -0.39 is 17.9 Å². The smallest absolute Gasteiger partial charge is 0.415 e. The lowest BCUT2D eigenvalue weighted by Gasteiger charge is -2.36. The quantitative estimate of drug-likeness (QED) is 0.0873. The molecule has 0 aliphatic carbocycles. The molecule has 0 spiro atoms. The van der Waals surface area contributed by atoms with Gasteiger partial charge in [-0.1, -0.05) is 13.8 Å². The Hall–Kier alpha value is -9.32. The summed E-state index contributed by atoms with van der Waals surface area (Å²) in [4.78, 5) is 78.1. The summed E-state index contributed by atoms with van der Waals surface area (Å²) in [5.74, 6) is 0.902. The Kier molecular flexibility index (Phi) is 15.5. The first-order valence-corrected chi connectivity index (χ1v) is 26.2. The molecule has 410 valence electrons. The predicted molar refractivity (Wildman–Crippen MR) is 292 cm³/mol. The number of phenolic OH excluding ortho intramolecular Hbond substituents is 2. The molecule has 2 fully saturated rings. The van der Waals surface area contributed by atoms with Crippen molar-refractivity contribution in [3.05, 3.63) is 113 Å². The zero-order chi connectivity index (χ0) is 55.3. The maximum absolute atomic E-state index is 13.8. The van der Waals surface area contributed by atoms with Crippen molar-refractivity contribution in [2.45, 2.75) is 39.7 Å². The molecule has 24 nitrogen and oxygen atoms in total. The van der Waals surface area contributed by atoms with Crippen LogP contribution in [0.1, 0.15) is 70.0 Å². The van der Waals surface area contributed by atoms with Gasteiger partial charge in [-0.05, 0) is 91.6 Å². The molecule has 0 atom stereocenters. The second kappa shape index (κ2) is 23.1. The number of ether oxygens (including phenoxy) is 3. The summed E-state index contributed by atoms with van der Waals surface area (Å²) in [5.41, 5.74) is 9.28. The second-order valence-corrected chi connectivity index (χ2v) is 19.4. The van der Waals surface area contributed by atoms with Crippen LogP contribution in [0, 0.1) is 0 Å². The summed E-state index contributed by atoms with van der Waals surface area (Å²) >= 11 is 0. The number of carbonyl (C=O) groups excluding carboxylic acids is 4. The number of methoxy groups -OCH3 is 1. The number of phenols is 2. The van der Waals surface area contributed by atoms with Crippen molar-refractivity contribution in [3.8, 4) is 45.8 Å². The molecule has 24 heteroatoms. The molecule has 7 aromatic rings. The number of anilines is 3. The topological polar surface area (TPSA) is 286 Å². The molecule has 4 aromatic carbocycles. The highest BCUT2D eigenvalue weighted by Crippen LogP contribution is 2.39. The minimum absolute atomic E-state index is 0.00253. The highest BCUT2D eigenvalue weighted by Gasteiger charge is 2.28. The molecule has 0 radical (unpaired) electrons. The molecule has 3 aliphatic heterocycles. The normalized spacial score (nSPS) is 14.8. The third kappa shape index (κ3) is 11.3. The zero-order valence-corrected chi connectivity index (χ0v) is 44.3. The van der Waals surface area contributed by atoms with Crippen LogP contribution < -0.4 is 41.1 Å². The van der Waals surface area contributed by atoms with E-state index in [1.165, 1.54) is 23.0 Å². The van der Waals surface area contributed by atoms with E-state index in [4.69, 9.17) is 24.9 Å². The van der Waals surface area contributed by atoms with Crippen LogP contribution in [0.4, 0.5) is 22.2 Å². The van der Waals surface area contributed by atoms with Crippen LogP contribution in [-0.4, -0.2) is 169 Å². The van der Waals surface area contributed by atoms with Crippen molar-refractivity contribution in [2.75, 3.05) is 102 Å². The lowest BCUT2D eigenvalue weighted by Crippen LogP contribution is -2.49. The van der Waals surface area contributed by atoms with Gasteiger partial charge in [0.15, 0.2) is 17.3 Å². The van der Waals surface area contributed by atoms with Gasteiger partial charge in [-0.3, -0.25) is 28.4 Å². The summed E-state index contributed by atoms with van der Waals surface area (Å²) in [6, 6.07) is 20.9. The summed E-state index contributed by atoms with van der Waals surface area (Å²) in [6.45, 7) is 12.9. The van der Waals surface area contributed by atoms with Crippen molar-refractivity contribution in [1.29, 1.82) is 0 Å². The van der Waals surface area contributed by atoms with E-state index in [-0.39, 0.29) is 57.7 Å². The van der Waals surface area contributed by atoms with Crippen LogP contribution >= 0.6 is 0 Å². The minimum Gasteiger partial charge on any atom is -0.508 e. The molecule has 2 saturated heterocycles. The molecule has 0 unspecified atom stereocenters. The summed E-state index contributed by atoms with van der Waals surface area (Å²) < 4.78 is 21.2. The number of hydrogen-bond acceptors (Lipinski definition) is 18. The second-order valence-electron chi connectivity index (χ2n) is 19.4.